The molecular weight excluding hydrogens is 484 g/mol. The van der Waals surface area contributed by atoms with Gasteiger partial charge in [-0.2, -0.15) is 13.0 Å². The molecular formula is C30H33N2O4S+. The van der Waals surface area contributed by atoms with Gasteiger partial charge in [0, 0.05) is 47.9 Å². The summed E-state index contributed by atoms with van der Waals surface area (Å²) in [4.78, 5) is 2.24. The highest BCUT2D eigenvalue weighted by atomic mass is 32.2. The van der Waals surface area contributed by atoms with E-state index >= 15 is 0 Å². The number of fused-ring (bicyclic) bond motifs is 1. The van der Waals surface area contributed by atoms with Gasteiger partial charge in [0.05, 0.1) is 12.9 Å². The Kier molecular flexibility index (Phi) is 8.26. The lowest BCUT2D eigenvalue weighted by atomic mass is 10.1. The van der Waals surface area contributed by atoms with Crippen molar-refractivity contribution in [2.24, 2.45) is 0 Å². The highest BCUT2D eigenvalue weighted by Crippen LogP contribution is 2.27. The SMILES string of the molecule is CCN(c1ccc(/C=C/c2ccc3ccc(C)cc3[n+]2CCCS(=O)(=O)O)cc1)c1ccc(OC)cc1. The van der Waals surface area contributed by atoms with Gasteiger partial charge in [-0.3, -0.25) is 4.55 Å². The van der Waals surface area contributed by atoms with Crippen LogP contribution in [0.5, 0.6) is 5.75 Å². The summed E-state index contributed by atoms with van der Waals surface area (Å²) in [6, 6.07) is 26.8. The normalized spacial score (nSPS) is 11.8. The fourth-order valence-electron chi connectivity index (χ4n) is 4.46. The van der Waals surface area contributed by atoms with Crippen molar-refractivity contribution in [3.8, 4) is 5.75 Å². The number of ether oxygens (including phenoxy) is 1. The van der Waals surface area contributed by atoms with Crippen LogP contribution < -0.4 is 14.2 Å². The smallest absolute Gasteiger partial charge is 0.265 e. The molecule has 7 heteroatoms. The van der Waals surface area contributed by atoms with Crippen LogP contribution in [0.4, 0.5) is 11.4 Å². The summed E-state index contributed by atoms with van der Waals surface area (Å²) in [5, 5.41) is 1.08. The molecule has 0 saturated carbocycles. The first-order valence-corrected chi connectivity index (χ1v) is 14.0. The van der Waals surface area contributed by atoms with Crippen LogP contribution >= 0.6 is 0 Å². The molecule has 0 amide bonds. The van der Waals surface area contributed by atoms with Gasteiger partial charge >= 0.3 is 0 Å². The summed E-state index contributed by atoms with van der Waals surface area (Å²) in [5.74, 6) is 0.564. The van der Waals surface area contributed by atoms with E-state index in [9.17, 15) is 13.0 Å². The Morgan fingerprint density at radius 1 is 0.919 bits per heavy atom. The third kappa shape index (κ3) is 6.76. The lowest BCUT2D eigenvalue weighted by Crippen LogP contribution is -2.38. The van der Waals surface area contributed by atoms with E-state index < -0.39 is 10.1 Å². The largest absolute Gasteiger partial charge is 0.497 e. The van der Waals surface area contributed by atoms with Crippen LogP contribution in [-0.4, -0.2) is 32.4 Å². The summed E-state index contributed by atoms with van der Waals surface area (Å²) in [7, 11) is -2.34. The number of aryl methyl sites for hydroxylation is 2. The number of hydrogen-bond acceptors (Lipinski definition) is 4. The molecule has 0 radical (unpaired) electrons. The molecule has 0 fully saturated rings. The molecule has 0 saturated heterocycles. The third-order valence-corrected chi connectivity index (χ3v) is 7.16. The molecule has 0 unspecified atom stereocenters. The molecule has 4 rings (SSSR count). The molecule has 1 aromatic heterocycles. The monoisotopic (exact) mass is 517 g/mol. The highest BCUT2D eigenvalue weighted by Gasteiger charge is 2.16. The van der Waals surface area contributed by atoms with E-state index in [-0.39, 0.29) is 5.75 Å². The van der Waals surface area contributed by atoms with E-state index in [0.29, 0.717) is 13.0 Å². The highest BCUT2D eigenvalue weighted by molar-refractivity contribution is 7.85. The summed E-state index contributed by atoms with van der Waals surface area (Å²) < 4.78 is 39.1. The molecule has 0 aliphatic carbocycles. The van der Waals surface area contributed by atoms with Gasteiger partial charge in [0.1, 0.15) is 5.75 Å². The molecule has 1 N–H and O–H groups in total. The Hall–Kier alpha value is -3.68. The van der Waals surface area contributed by atoms with Gasteiger partial charge in [-0.15, -0.1) is 0 Å². The van der Waals surface area contributed by atoms with Crippen LogP contribution in [0.15, 0.2) is 78.9 Å². The van der Waals surface area contributed by atoms with Crippen molar-refractivity contribution < 1.29 is 22.3 Å². The van der Waals surface area contributed by atoms with Crippen molar-refractivity contribution >= 4 is 44.5 Å². The van der Waals surface area contributed by atoms with E-state index in [0.717, 1.165) is 51.4 Å². The zero-order valence-electron chi connectivity index (χ0n) is 21.5. The first kappa shape index (κ1) is 26.4. The number of benzene rings is 3. The van der Waals surface area contributed by atoms with E-state index in [1.54, 1.807) is 7.11 Å². The molecule has 192 valence electrons. The minimum Gasteiger partial charge on any atom is -0.497 e. The third-order valence-electron chi connectivity index (χ3n) is 6.36. The molecule has 0 aliphatic rings. The van der Waals surface area contributed by atoms with Gasteiger partial charge in [0.2, 0.25) is 11.2 Å². The summed E-state index contributed by atoms with van der Waals surface area (Å²) >= 11 is 0. The van der Waals surface area contributed by atoms with Crippen LogP contribution in [0, 0.1) is 6.92 Å². The minimum absolute atomic E-state index is 0.269. The minimum atomic E-state index is -4.00. The van der Waals surface area contributed by atoms with Gasteiger partial charge in [-0.05, 0) is 79.6 Å². The van der Waals surface area contributed by atoms with Gasteiger partial charge in [-0.25, -0.2) is 0 Å². The van der Waals surface area contributed by atoms with Crippen molar-refractivity contribution in [2.45, 2.75) is 26.8 Å². The van der Waals surface area contributed by atoms with Gasteiger partial charge in [-0.1, -0.05) is 18.2 Å². The number of aromatic nitrogens is 1. The van der Waals surface area contributed by atoms with Crippen LogP contribution in [0.1, 0.15) is 30.2 Å². The van der Waals surface area contributed by atoms with Gasteiger partial charge < -0.3 is 9.64 Å². The fourth-order valence-corrected chi connectivity index (χ4v) is 4.95. The van der Waals surface area contributed by atoms with Gasteiger partial charge in [0.25, 0.3) is 10.1 Å². The van der Waals surface area contributed by atoms with Crippen LogP contribution in [0.2, 0.25) is 0 Å². The van der Waals surface area contributed by atoms with Crippen molar-refractivity contribution in [3.05, 3.63) is 95.7 Å². The maximum absolute atomic E-state index is 11.3. The quantitative estimate of drug-likeness (QED) is 0.205. The molecule has 0 spiro atoms. The topological polar surface area (TPSA) is 70.7 Å². The number of nitrogens with zero attached hydrogens (tertiary/aromatic N) is 2. The van der Waals surface area contributed by atoms with Crippen molar-refractivity contribution in [1.29, 1.82) is 0 Å². The number of methoxy groups -OCH3 is 1. The second-order valence-electron chi connectivity index (χ2n) is 8.98. The second-order valence-corrected chi connectivity index (χ2v) is 10.6. The zero-order chi connectivity index (χ0) is 26.4. The van der Waals surface area contributed by atoms with Crippen molar-refractivity contribution in [2.75, 3.05) is 24.3 Å². The second kappa shape index (κ2) is 11.6. The molecule has 1 heterocycles. The first-order valence-electron chi connectivity index (χ1n) is 12.4. The average molecular weight is 518 g/mol. The van der Waals surface area contributed by atoms with Gasteiger partial charge in [0.15, 0.2) is 6.54 Å². The maximum Gasteiger partial charge on any atom is 0.265 e. The number of rotatable bonds is 10. The molecule has 0 bridgehead atoms. The number of anilines is 2. The first-order chi connectivity index (χ1) is 17.8. The summed E-state index contributed by atoms with van der Waals surface area (Å²) in [6.45, 7) is 5.48. The summed E-state index contributed by atoms with van der Waals surface area (Å²) in [6.07, 6.45) is 4.43. The van der Waals surface area contributed by atoms with E-state index in [1.807, 2.05) is 31.2 Å². The van der Waals surface area contributed by atoms with E-state index in [2.05, 4.69) is 83.1 Å². The van der Waals surface area contributed by atoms with Crippen LogP contribution in [0.25, 0.3) is 23.1 Å². The maximum atomic E-state index is 11.3. The Balaban J connectivity index is 1.59. The number of pyridine rings is 1. The Bertz CT molecular complexity index is 1500. The predicted octanol–water partition coefficient (Wildman–Crippen LogP) is 6.05. The molecule has 0 aliphatic heterocycles. The fraction of sp³-hybridized carbons (Fsp3) is 0.233. The Labute approximate surface area is 219 Å². The molecule has 37 heavy (non-hydrogen) atoms. The lowest BCUT2D eigenvalue weighted by molar-refractivity contribution is -0.673. The summed E-state index contributed by atoms with van der Waals surface area (Å²) in [5.41, 5.74) is 6.39. The Morgan fingerprint density at radius 2 is 1.57 bits per heavy atom. The van der Waals surface area contributed by atoms with Crippen LogP contribution in [0.3, 0.4) is 0 Å². The molecule has 0 atom stereocenters. The molecule has 3 aromatic carbocycles. The molecule has 4 aromatic rings. The zero-order valence-corrected chi connectivity index (χ0v) is 22.3. The van der Waals surface area contributed by atoms with E-state index in [4.69, 9.17) is 4.74 Å². The Morgan fingerprint density at radius 3 is 2.19 bits per heavy atom. The van der Waals surface area contributed by atoms with E-state index in [1.165, 1.54) is 0 Å². The predicted molar refractivity (Wildman–Crippen MR) is 151 cm³/mol. The van der Waals surface area contributed by atoms with Crippen molar-refractivity contribution in [3.63, 3.8) is 0 Å². The van der Waals surface area contributed by atoms with Crippen LogP contribution in [-0.2, 0) is 16.7 Å². The average Bonchev–Trinajstić information content (AvgIpc) is 2.89. The van der Waals surface area contributed by atoms with Crippen molar-refractivity contribution in [1.82, 2.24) is 0 Å². The standard InChI is InChI=1S/C30H32N2O4S/c1-4-31(27-16-18-29(36-3)19-17-27)26-12-7-24(8-13-26)9-14-28-15-11-25-10-6-23(2)22-30(25)32(28)20-5-21-37(33,34)35/h6-19,22H,4-5,20-21H2,1-3H3/p+1. The number of hydrogen-bond donors (Lipinski definition) is 1. The lowest BCUT2D eigenvalue weighted by Gasteiger charge is -2.23. The molecule has 6 nitrogen and oxygen atoms in total.